The van der Waals surface area contributed by atoms with Crippen molar-refractivity contribution in [3.05, 3.63) is 49.1 Å². The summed E-state index contributed by atoms with van der Waals surface area (Å²) in [5.74, 6) is 0. The number of hydrogen-bond acceptors (Lipinski definition) is 0. The van der Waals surface area contributed by atoms with Crippen molar-refractivity contribution >= 4 is 0 Å². The van der Waals surface area contributed by atoms with Gasteiger partial charge in [-0.15, -0.1) is 0 Å². The third-order valence-corrected chi connectivity index (χ3v) is 1.39. The molecule has 12 heavy (non-hydrogen) atoms. The minimum absolute atomic E-state index is 1.10. The lowest BCUT2D eigenvalue weighted by atomic mass is 10.2. The van der Waals surface area contributed by atoms with Crippen molar-refractivity contribution in [2.24, 2.45) is 0 Å². The monoisotopic (exact) mass is 162 g/mol. The van der Waals surface area contributed by atoms with Crippen LogP contribution in [-0.2, 0) is 0 Å². The number of rotatable bonds is 6. The van der Waals surface area contributed by atoms with Crippen molar-refractivity contribution in [1.29, 1.82) is 0 Å². The zero-order valence-electron chi connectivity index (χ0n) is 7.87. The molecule has 0 amide bonds. The van der Waals surface area contributed by atoms with Gasteiger partial charge >= 0.3 is 0 Å². The molecule has 0 aliphatic carbocycles. The van der Waals surface area contributed by atoms with Gasteiger partial charge in [0, 0.05) is 0 Å². The number of unbranched alkanes of at least 4 members (excludes halogenated alkanes) is 1. The van der Waals surface area contributed by atoms with E-state index in [0.717, 1.165) is 19.3 Å². The SMILES string of the molecule is C=C/C=C\CC/C=C\C=C/CC. The van der Waals surface area contributed by atoms with Gasteiger partial charge in [0.2, 0.25) is 0 Å². The van der Waals surface area contributed by atoms with Crippen molar-refractivity contribution in [3.63, 3.8) is 0 Å². The van der Waals surface area contributed by atoms with E-state index in [4.69, 9.17) is 0 Å². The highest BCUT2D eigenvalue weighted by Gasteiger charge is 1.73. The molecule has 0 aliphatic heterocycles. The summed E-state index contributed by atoms with van der Waals surface area (Å²) in [5.41, 5.74) is 0. The van der Waals surface area contributed by atoms with Crippen LogP contribution in [-0.4, -0.2) is 0 Å². The third-order valence-electron chi connectivity index (χ3n) is 1.39. The molecule has 0 unspecified atom stereocenters. The van der Waals surface area contributed by atoms with Gasteiger partial charge in [-0.1, -0.05) is 56.0 Å². The summed E-state index contributed by atoms with van der Waals surface area (Å²) in [6.45, 7) is 5.74. The van der Waals surface area contributed by atoms with E-state index in [1.54, 1.807) is 6.08 Å². The van der Waals surface area contributed by atoms with Crippen molar-refractivity contribution in [3.8, 4) is 0 Å². The lowest BCUT2D eigenvalue weighted by molar-refractivity contribution is 1.05. The Labute approximate surface area is 76.0 Å². The van der Waals surface area contributed by atoms with Gasteiger partial charge in [-0.2, -0.15) is 0 Å². The molecule has 0 radical (unpaired) electrons. The summed E-state index contributed by atoms with van der Waals surface area (Å²) in [4.78, 5) is 0. The van der Waals surface area contributed by atoms with E-state index in [9.17, 15) is 0 Å². The lowest BCUT2D eigenvalue weighted by Crippen LogP contribution is -1.62. The fourth-order valence-corrected chi connectivity index (χ4v) is 0.774. The van der Waals surface area contributed by atoms with E-state index in [1.165, 1.54) is 0 Å². The molecule has 0 aliphatic rings. The van der Waals surface area contributed by atoms with E-state index in [2.05, 4.69) is 43.9 Å². The Balaban J connectivity index is 3.29. The summed E-state index contributed by atoms with van der Waals surface area (Å²) >= 11 is 0. The molecule has 0 aromatic heterocycles. The lowest BCUT2D eigenvalue weighted by Gasteiger charge is -1.83. The Morgan fingerprint density at radius 2 is 1.50 bits per heavy atom. The maximum atomic E-state index is 3.60. The second kappa shape index (κ2) is 9.96. The van der Waals surface area contributed by atoms with E-state index < -0.39 is 0 Å². The largest absolute Gasteiger partial charge is 0.0991 e. The van der Waals surface area contributed by atoms with Gasteiger partial charge in [0.25, 0.3) is 0 Å². The van der Waals surface area contributed by atoms with E-state index >= 15 is 0 Å². The van der Waals surface area contributed by atoms with Gasteiger partial charge in [0.15, 0.2) is 0 Å². The van der Waals surface area contributed by atoms with Crippen LogP contribution in [0.15, 0.2) is 49.1 Å². The van der Waals surface area contributed by atoms with E-state index in [0.29, 0.717) is 0 Å². The molecule has 0 fully saturated rings. The predicted molar refractivity (Wildman–Crippen MR) is 57.1 cm³/mol. The summed E-state index contributed by atoms with van der Waals surface area (Å²) in [6.07, 6.45) is 17.8. The highest BCUT2D eigenvalue weighted by Crippen LogP contribution is 1.93. The minimum Gasteiger partial charge on any atom is -0.0991 e. The van der Waals surface area contributed by atoms with Crippen molar-refractivity contribution in [1.82, 2.24) is 0 Å². The Morgan fingerprint density at radius 3 is 2.08 bits per heavy atom. The molecule has 0 atom stereocenters. The van der Waals surface area contributed by atoms with Gasteiger partial charge in [-0.05, 0) is 19.3 Å². The van der Waals surface area contributed by atoms with Crippen LogP contribution in [0.3, 0.4) is 0 Å². The van der Waals surface area contributed by atoms with Crippen LogP contribution >= 0.6 is 0 Å². The Hall–Kier alpha value is -1.04. The third kappa shape index (κ3) is 8.96. The quantitative estimate of drug-likeness (QED) is 0.408. The minimum atomic E-state index is 1.10. The van der Waals surface area contributed by atoms with Gasteiger partial charge in [-0.3, -0.25) is 0 Å². The van der Waals surface area contributed by atoms with Gasteiger partial charge in [0.05, 0.1) is 0 Å². The Bertz CT molecular complexity index is 170. The summed E-state index contributed by atoms with van der Waals surface area (Å²) in [6, 6.07) is 0. The first-order valence-corrected chi connectivity index (χ1v) is 4.51. The zero-order chi connectivity index (χ0) is 9.07. The standard InChI is InChI=1S/C12H18/c1-3-5-7-9-11-12-10-8-6-4-2/h3,5-8,10,12H,1,4,9,11H2,2H3/b7-5-,8-6-,12-10-. The van der Waals surface area contributed by atoms with Crippen LogP contribution in [0.1, 0.15) is 26.2 Å². The Kier molecular flexibility index (Phi) is 9.10. The molecule has 0 aromatic carbocycles. The van der Waals surface area contributed by atoms with Crippen LogP contribution in [0.25, 0.3) is 0 Å². The van der Waals surface area contributed by atoms with Crippen molar-refractivity contribution in [2.75, 3.05) is 0 Å². The normalized spacial score (nSPS) is 12.1. The van der Waals surface area contributed by atoms with Gasteiger partial charge in [0.1, 0.15) is 0 Å². The molecule has 0 heteroatoms. The molecule has 0 bridgehead atoms. The highest BCUT2D eigenvalue weighted by molar-refractivity contribution is 5.03. The highest BCUT2D eigenvalue weighted by atomic mass is 13.8. The van der Waals surface area contributed by atoms with Gasteiger partial charge < -0.3 is 0 Å². The molecule has 0 N–H and O–H groups in total. The second-order valence-corrected chi connectivity index (χ2v) is 2.51. The van der Waals surface area contributed by atoms with Crippen molar-refractivity contribution in [2.45, 2.75) is 26.2 Å². The number of allylic oxidation sites excluding steroid dienone is 7. The van der Waals surface area contributed by atoms with Crippen molar-refractivity contribution < 1.29 is 0 Å². The molecule has 0 saturated heterocycles. The second-order valence-electron chi connectivity index (χ2n) is 2.51. The molecule has 66 valence electrons. The Morgan fingerprint density at radius 1 is 0.917 bits per heavy atom. The zero-order valence-corrected chi connectivity index (χ0v) is 7.87. The van der Waals surface area contributed by atoms with E-state index in [-0.39, 0.29) is 0 Å². The first-order chi connectivity index (χ1) is 5.91. The molecule has 0 saturated carbocycles. The molecule has 0 aromatic rings. The molecular formula is C12H18. The first kappa shape index (κ1) is 11.0. The first-order valence-electron chi connectivity index (χ1n) is 4.51. The van der Waals surface area contributed by atoms with Crippen LogP contribution in [0.2, 0.25) is 0 Å². The van der Waals surface area contributed by atoms with Crippen LogP contribution in [0.4, 0.5) is 0 Å². The summed E-state index contributed by atoms with van der Waals surface area (Å²) in [7, 11) is 0. The maximum Gasteiger partial charge on any atom is -0.0313 e. The van der Waals surface area contributed by atoms with Crippen LogP contribution in [0, 0.1) is 0 Å². The number of hydrogen-bond donors (Lipinski definition) is 0. The summed E-state index contributed by atoms with van der Waals surface area (Å²) < 4.78 is 0. The topological polar surface area (TPSA) is 0 Å². The maximum absolute atomic E-state index is 3.60. The smallest absolute Gasteiger partial charge is 0.0313 e. The van der Waals surface area contributed by atoms with Crippen LogP contribution in [0.5, 0.6) is 0 Å². The molecule has 0 nitrogen and oxygen atoms in total. The average Bonchev–Trinajstić information content (AvgIpc) is 2.10. The molecule has 0 rings (SSSR count). The molecule has 0 heterocycles. The summed E-state index contributed by atoms with van der Waals surface area (Å²) in [5, 5.41) is 0. The fourth-order valence-electron chi connectivity index (χ4n) is 0.774. The molecule has 0 spiro atoms. The predicted octanol–water partition coefficient (Wildman–Crippen LogP) is 4.03. The molecular weight excluding hydrogens is 144 g/mol. The van der Waals surface area contributed by atoms with E-state index in [1.807, 2.05) is 6.08 Å². The average molecular weight is 162 g/mol. The van der Waals surface area contributed by atoms with Crippen LogP contribution < -0.4 is 0 Å². The fraction of sp³-hybridized carbons (Fsp3) is 0.333. The van der Waals surface area contributed by atoms with Gasteiger partial charge in [-0.25, -0.2) is 0 Å².